The van der Waals surface area contributed by atoms with E-state index in [1.54, 1.807) is 19.1 Å². The van der Waals surface area contributed by atoms with Gasteiger partial charge in [-0.15, -0.1) is 0 Å². The van der Waals surface area contributed by atoms with Crippen molar-refractivity contribution in [2.45, 2.75) is 32.6 Å². The summed E-state index contributed by atoms with van der Waals surface area (Å²) < 4.78 is 13.1. The number of aliphatic imine (C=N–C) groups is 1. The molecule has 0 aromatic heterocycles. The first kappa shape index (κ1) is 17.1. The molecular formula is C21H20FNO2. The van der Waals surface area contributed by atoms with Crippen LogP contribution in [0.25, 0.3) is 0 Å². The van der Waals surface area contributed by atoms with Crippen LogP contribution in [0.15, 0.2) is 64.9 Å². The number of aliphatic hydroxyl groups is 1. The Morgan fingerprint density at radius 1 is 1.08 bits per heavy atom. The van der Waals surface area contributed by atoms with E-state index in [0.29, 0.717) is 17.7 Å². The summed E-state index contributed by atoms with van der Waals surface area (Å²) >= 11 is 0. The van der Waals surface area contributed by atoms with Gasteiger partial charge in [0.05, 0.1) is 17.0 Å². The normalized spacial score (nSPS) is 18.6. The lowest BCUT2D eigenvalue weighted by Crippen LogP contribution is -2.22. The number of hydrogen-bond acceptors (Lipinski definition) is 3. The molecule has 0 saturated carbocycles. The molecule has 0 spiro atoms. The molecule has 0 amide bonds. The highest BCUT2D eigenvalue weighted by molar-refractivity contribution is 6.23. The van der Waals surface area contributed by atoms with Crippen molar-refractivity contribution < 1.29 is 14.3 Å². The summed E-state index contributed by atoms with van der Waals surface area (Å²) in [5.41, 5.74) is 3.56. The summed E-state index contributed by atoms with van der Waals surface area (Å²) in [7, 11) is 0. The highest BCUT2D eigenvalue weighted by Crippen LogP contribution is 2.34. The van der Waals surface area contributed by atoms with Crippen LogP contribution in [-0.4, -0.2) is 16.6 Å². The van der Waals surface area contributed by atoms with Crippen LogP contribution < -0.4 is 0 Å². The first-order valence-corrected chi connectivity index (χ1v) is 8.27. The molecule has 3 rings (SSSR count). The van der Waals surface area contributed by atoms with Crippen LogP contribution >= 0.6 is 0 Å². The van der Waals surface area contributed by atoms with Gasteiger partial charge in [0.15, 0.2) is 5.78 Å². The summed E-state index contributed by atoms with van der Waals surface area (Å²) in [6.45, 7) is 3.73. The zero-order valence-electron chi connectivity index (χ0n) is 14.3. The van der Waals surface area contributed by atoms with Crippen molar-refractivity contribution in [1.82, 2.24) is 0 Å². The quantitative estimate of drug-likeness (QED) is 0.784. The summed E-state index contributed by atoms with van der Waals surface area (Å²) in [5.74, 6) is -0.526. The predicted octanol–water partition coefficient (Wildman–Crippen LogP) is 5.19. The molecule has 0 bridgehead atoms. The van der Waals surface area contributed by atoms with E-state index < -0.39 is 0 Å². The molecule has 1 atom stereocenters. The molecule has 0 heterocycles. The molecule has 1 aliphatic rings. The molecule has 2 aromatic carbocycles. The average Bonchev–Trinajstić information content (AvgIpc) is 2.57. The minimum absolute atomic E-state index is 0.0546. The first-order chi connectivity index (χ1) is 11.9. The van der Waals surface area contributed by atoms with Crippen molar-refractivity contribution in [3.63, 3.8) is 0 Å². The van der Waals surface area contributed by atoms with Gasteiger partial charge in [-0.2, -0.15) is 0 Å². The number of allylic oxidation sites excluding steroid dienone is 2. The SMILES string of the molecule is CC(=Nc1ccc(C)cc1)C1=C(O)CC(c2ccc(F)cc2)CC1=O. The van der Waals surface area contributed by atoms with Gasteiger partial charge in [-0.05, 0) is 49.6 Å². The molecule has 1 aliphatic carbocycles. The number of carbonyl (C=O) groups excluding carboxylic acids is 1. The van der Waals surface area contributed by atoms with Crippen molar-refractivity contribution in [3.05, 3.63) is 76.8 Å². The highest BCUT2D eigenvalue weighted by Gasteiger charge is 2.30. The minimum Gasteiger partial charge on any atom is -0.511 e. The summed E-state index contributed by atoms with van der Waals surface area (Å²) in [5, 5.41) is 10.4. The molecule has 0 radical (unpaired) electrons. The molecule has 4 heteroatoms. The van der Waals surface area contributed by atoms with E-state index in [1.807, 2.05) is 31.2 Å². The van der Waals surface area contributed by atoms with Gasteiger partial charge in [-0.3, -0.25) is 9.79 Å². The van der Waals surface area contributed by atoms with Crippen LogP contribution in [0.3, 0.4) is 0 Å². The lowest BCUT2D eigenvalue weighted by molar-refractivity contribution is -0.116. The van der Waals surface area contributed by atoms with E-state index in [9.17, 15) is 14.3 Å². The third-order valence-corrected chi connectivity index (χ3v) is 4.47. The maximum atomic E-state index is 13.1. The zero-order chi connectivity index (χ0) is 18.0. The van der Waals surface area contributed by atoms with Crippen molar-refractivity contribution in [2.24, 2.45) is 4.99 Å². The highest BCUT2D eigenvalue weighted by atomic mass is 19.1. The minimum atomic E-state index is -0.313. The number of aryl methyl sites for hydroxylation is 1. The molecule has 1 N–H and O–H groups in total. The van der Waals surface area contributed by atoms with Crippen molar-refractivity contribution >= 4 is 17.2 Å². The van der Waals surface area contributed by atoms with Crippen LogP contribution in [0.5, 0.6) is 0 Å². The van der Waals surface area contributed by atoms with Gasteiger partial charge in [-0.1, -0.05) is 29.8 Å². The number of ketones is 1. The fourth-order valence-electron chi connectivity index (χ4n) is 3.14. The molecule has 2 aromatic rings. The van der Waals surface area contributed by atoms with Crippen LogP contribution in [0.4, 0.5) is 10.1 Å². The molecule has 1 unspecified atom stereocenters. The van der Waals surface area contributed by atoms with Crippen LogP contribution in [0.1, 0.15) is 36.8 Å². The second kappa shape index (κ2) is 7.01. The first-order valence-electron chi connectivity index (χ1n) is 8.27. The number of carbonyl (C=O) groups is 1. The molecule has 25 heavy (non-hydrogen) atoms. The van der Waals surface area contributed by atoms with Gasteiger partial charge in [0.2, 0.25) is 0 Å². The number of aliphatic hydroxyl groups excluding tert-OH is 1. The Kier molecular flexibility index (Phi) is 4.79. The topological polar surface area (TPSA) is 49.7 Å². The number of rotatable bonds is 3. The summed E-state index contributed by atoms with van der Waals surface area (Å²) in [6, 6.07) is 13.7. The number of benzene rings is 2. The standard InChI is InChI=1S/C21H20FNO2/c1-13-3-9-18(10-4-13)23-14(2)21-19(24)11-16(12-20(21)25)15-5-7-17(22)8-6-15/h3-10,16,24H,11-12H2,1-2H3. The molecule has 0 saturated heterocycles. The molecule has 0 aliphatic heterocycles. The zero-order valence-corrected chi connectivity index (χ0v) is 14.3. The predicted molar refractivity (Wildman–Crippen MR) is 97.0 cm³/mol. The Bertz CT molecular complexity index is 848. The van der Waals surface area contributed by atoms with E-state index in [0.717, 1.165) is 16.8 Å². The Hall–Kier alpha value is -2.75. The monoisotopic (exact) mass is 337 g/mol. The van der Waals surface area contributed by atoms with Crippen molar-refractivity contribution in [3.8, 4) is 0 Å². The summed E-state index contributed by atoms with van der Waals surface area (Å²) in [4.78, 5) is 17.0. The van der Waals surface area contributed by atoms with Crippen molar-refractivity contribution in [1.29, 1.82) is 0 Å². The Morgan fingerprint density at radius 2 is 1.72 bits per heavy atom. The Morgan fingerprint density at radius 3 is 2.32 bits per heavy atom. The third-order valence-electron chi connectivity index (χ3n) is 4.47. The molecular weight excluding hydrogens is 317 g/mol. The van der Waals surface area contributed by atoms with Crippen LogP contribution in [0.2, 0.25) is 0 Å². The summed E-state index contributed by atoms with van der Waals surface area (Å²) in [6.07, 6.45) is 0.638. The molecule has 0 fully saturated rings. The van der Waals surface area contributed by atoms with Crippen LogP contribution in [-0.2, 0) is 4.79 Å². The second-order valence-electron chi connectivity index (χ2n) is 6.43. The number of nitrogens with zero attached hydrogens (tertiary/aromatic N) is 1. The molecule has 3 nitrogen and oxygen atoms in total. The smallest absolute Gasteiger partial charge is 0.168 e. The van der Waals surface area contributed by atoms with E-state index >= 15 is 0 Å². The van der Waals surface area contributed by atoms with Gasteiger partial charge in [-0.25, -0.2) is 4.39 Å². The van der Waals surface area contributed by atoms with Crippen LogP contribution in [0, 0.1) is 12.7 Å². The lowest BCUT2D eigenvalue weighted by atomic mass is 9.81. The van der Waals surface area contributed by atoms with Gasteiger partial charge >= 0.3 is 0 Å². The average molecular weight is 337 g/mol. The largest absolute Gasteiger partial charge is 0.511 e. The lowest BCUT2D eigenvalue weighted by Gasteiger charge is -2.23. The number of halogens is 1. The Balaban J connectivity index is 1.86. The second-order valence-corrected chi connectivity index (χ2v) is 6.43. The van der Waals surface area contributed by atoms with Gasteiger partial charge in [0.25, 0.3) is 0 Å². The van der Waals surface area contributed by atoms with Gasteiger partial charge in [0, 0.05) is 12.8 Å². The maximum Gasteiger partial charge on any atom is 0.168 e. The van der Waals surface area contributed by atoms with E-state index in [-0.39, 0.29) is 29.7 Å². The molecule has 128 valence electrons. The maximum absolute atomic E-state index is 13.1. The number of Topliss-reactive ketones (excluding diaryl/α,β-unsaturated/α-hetero) is 1. The fourth-order valence-corrected chi connectivity index (χ4v) is 3.14. The number of hydrogen-bond donors (Lipinski definition) is 1. The van der Waals surface area contributed by atoms with E-state index in [1.165, 1.54) is 12.1 Å². The third kappa shape index (κ3) is 3.85. The Labute approximate surface area is 146 Å². The van der Waals surface area contributed by atoms with E-state index in [2.05, 4.69) is 4.99 Å². The van der Waals surface area contributed by atoms with Gasteiger partial charge < -0.3 is 5.11 Å². The van der Waals surface area contributed by atoms with Crippen molar-refractivity contribution in [2.75, 3.05) is 0 Å². The van der Waals surface area contributed by atoms with Gasteiger partial charge in [0.1, 0.15) is 11.6 Å². The van der Waals surface area contributed by atoms with E-state index in [4.69, 9.17) is 0 Å². The fraction of sp³-hybridized carbons (Fsp3) is 0.238.